The summed E-state index contributed by atoms with van der Waals surface area (Å²) in [4.78, 5) is 13.5. The number of nitrogens with zero attached hydrogens (tertiary/aromatic N) is 3. The molecule has 0 aliphatic carbocycles. The molecule has 1 unspecified atom stereocenters. The Kier molecular flexibility index (Phi) is 7.79. The molecule has 0 saturated carbocycles. The lowest BCUT2D eigenvalue weighted by Crippen LogP contribution is -2.19. The molecule has 36 heavy (non-hydrogen) atoms. The van der Waals surface area contributed by atoms with E-state index in [4.69, 9.17) is 4.74 Å². The number of rotatable bonds is 8. The SMILES string of the molecule is CCn1c(SC(C(=O)Nc2cccc(OC)c2)c2ccccc2)nnc1-c1ccc(C(C)(C)C)cc1. The molecule has 0 saturated heterocycles. The van der Waals surface area contributed by atoms with Crippen LogP contribution in [0.25, 0.3) is 11.4 Å². The molecular weight excluding hydrogens is 468 g/mol. The van der Waals surface area contributed by atoms with Gasteiger partial charge in [0.15, 0.2) is 11.0 Å². The molecule has 1 atom stereocenters. The Balaban J connectivity index is 1.64. The van der Waals surface area contributed by atoms with Crippen molar-refractivity contribution >= 4 is 23.4 Å². The first-order valence-electron chi connectivity index (χ1n) is 12.0. The molecule has 4 aromatic rings. The molecule has 6 nitrogen and oxygen atoms in total. The number of carbonyl (C=O) groups is 1. The number of benzene rings is 3. The van der Waals surface area contributed by atoms with Crippen molar-refractivity contribution in [1.82, 2.24) is 14.8 Å². The first-order chi connectivity index (χ1) is 17.3. The van der Waals surface area contributed by atoms with E-state index < -0.39 is 5.25 Å². The van der Waals surface area contributed by atoms with E-state index in [2.05, 4.69) is 72.0 Å². The number of hydrogen-bond donors (Lipinski definition) is 1. The third-order valence-corrected chi connectivity index (χ3v) is 7.18. The summed E-state index contributed by atoms with van der Waals surface area (Å²) in [7, 11) is 1.61. The van der Waals surface area contributed by atoms with Gasteiger partial charge in [0.1, 0.15) is 11.0 Å². The first kappa shape index (κ1) is 25.5. The van der Waals surface area contributed by atoms with Crippen molar-refractivity contribution in [1.29, 1.82) is 0 Å². The Morgan fingerprint density at radius 2 is 1.72 bits per heavy atom. The summed E-state index contributed by atoms with van der Waals surface area (Å²) in [6.07, 6.45) is 0. The van der Waals surface area contributed by atoms with E-state index in [9.17, 15) is 4.79 Å². The maximum atomic E-state index is 13.5. The normalized spacial score (nSPS) is 12.2. The van der Waals surface area contributed by atoms with Crippen LogP contribution in [0.1, 0.15) is 44.1 Å². The van der Waals surface area contributed by atoms with Gasteiger partial charge in [-0.2, -0.15) is 0 Å². The highest BCUT2D eigenvalue weighted by Gasteiger charge is 2.26. The van der Waals surface area contributed by atoms with Crippen LogP contribution >= 0.6 is 11.8 Å². The van der Waals surface area contributed by atoms with Gasteiger partial charge in [0, 0.05) is 23.9 Å². The molecule has 3 aromatic carbocycles. The predicted octanol–water partition coefficient (Wildman–Crippen LogP) is 6.74. The summed E-state index contributed by atoms with van der Waals surface area (Å²) in [5.74, 6) is 1.34. The highest BCUT2D eigenvalue weighted by atomic mass is 32.2. The molecule has 0 fully saturated rings. The van der Waals surface area contributed by atoms with Crippen molar-refractivity contribution in [3.63, 3.8) is 0 Å². The van der Waals surface area contributed by atoms with E-state index >= 15 is 0 Å². The minimum atomic E-state index is -0.511. The van der Waals surface area contributed by atoms with Crippen LogP contribution in [-0.4, -0.2) is 27.8 Å². The molecule has 0 aliphatic heterocycles. The second-order valence-corrected chi connectivity index (χ2v) is 10.6. The van der Waals surface area contributed by atoms with Gasteiger partial charge in [-0.15, -0.1) is 10.2 Å². The van der Waals surface area contributed by atoms with Gasteiger partial charge < -0.3 is 14.6 Å². The number of amides is 1. The summed E-state index contributed by atoms with van der Waals surface area (Å²) >= 11 is 1.40. The highest BCUT2D eigenvalue weighted by Crippen LogP contribution is 2.37. The van der Waals surface area contributed by atoms with E-state index in [1.807, 2.05) is 48.5 Å². The van der Waals surface area contributed by atoms with E-state index in [-0.39, 0.29) is 11.3 Å². The molecule has 186 valence electrons. The standard InChI is InChI=1S/C29H32N4O2S/c1-6-33-26(21-15-17-22(18-16-21)29(2,3)4)31-32-28(33)36-25(20-11-8-7-9-12-20)27(34)30-23-13-10-14-24(19-23)35-5/h7-19,25H,6H2,1-5H3,(H,30,34). The van der Waals surface area contributed by atoms with Crippen LogP contribution in [0.3, 0.4) is 0 Å². The van der Waals surface area contributed by atoms with E-state index in [1.54, 1.807) is 13.2 Å². The van der Waals surface area contributed by atoms with E-state index in [0.29, 0.717) is 23.1 Å². The molecular formula is C29H32N4O2S. The minimum Gasteiger partial charge on any atom is -0.497 e. The summed E-state index contributed by atoms with van der Waals surface area (Å²) in [6.45, 7) is 9.35. The Bertz CT molecular complexity index is 1310. The topological polar surface area (TPSA) is 69.0 Å². The molecule has 0 aliphatic rings. The zero-order chi connectivity index (χ0) is 25.7. The van der Waals surface area contributed by atoms with Crippen molar-refractivity contribution < 1.29 is 9.53 Å². The van der Waals surface area contributed by atoms with Crippen LogP contribution in [0.5, 0.6) is 5.75 Å². The van der Waals surface area contributed by atoms with Gasteiger partial charge in [-0.25, -0.2) is 0 Å². The Hall–Kier alpha value is -3.58. The van der Waals surface area contributed by atoms with Gasteiger partial charge in [0.2, 0.25) is 5.91 Å². The molecule has 4 rings (SSSR count). The zero-order valence-electron chi connectivity index (χ0n) is 21.4. The Morgan fingerprint density at radius 3 is 2.36 bits per heavy atom. The van der Waals surface area contributed by atoms with Crippen molar-refractivity contribution in [2.24, 2.45) is 0 Å². The fraction of sp³-hybridized carbons (Fsp3) is 0.276. The predicted molar refractivity (Wildman–Crippen MR) is 146 cm³/mol. The molecule has 0 radical (unpaired) electrons. The zero-order valence-corrected chi connectivity index (χ0v) is 22.2. The molecule has 1 N–H and O–H groups in total. The number of carbonyl (C=O) groups excluding carboxylic acids is 1. The number of ether oxygens (including phenoxy) is 1. The van der Waals surface area contributed by atoms with E-state index in [1.165, 1.54) is 17.3 Å². The molecule has 7 heteroatoms. The maximum absolute atomic E-state index is 13.5. The number of thioether (sulfide) groups is 1. The maximum Gasteiger partial charge on any atom is 0.242 e. The van der Waals surface area contributed by atoms with Crippen LogP contribution in [0.4, 0.5) is 5.69 Å². The minimum absolute atomic E-state index is 0.0804. The number of hydrogen-bond acceptors (Lipinski definition) is 5. The van der Waals surface area contributed by atoms with Gasteiger partial charge in [-0.05, 0) is 35.6 Å². The Labute approximate surface area is 217 Å². The lowest BCUT2D eigenvalue weighted by molar-refractivity contribution is -0.115. The van der Waals surface area contributed by atoms with Gasteiger partial charge in [0.05, 0.1) is 7.11 Å². The second kappa shape index (κ2) is 11.0. The van der Waals surface area contributed by atoms with Crippen molar-refractivity contribution in [2.75, 3.05) is 12.4 Å². The van der Waals surface area contributed by atoms with Crippen molar-refractivity contribution in [3.05, 3.63) is 90.0 Å². The number of nitrogens with one attached hydrogen (secondary N) is 1. The van der Waals surface area contributed by atoms with Crippen LogP contribution < -0.4 is 10.1 Å². The quantitative estimate of drug-likeness (QED) is 0.271. The fourth-order valence-electron chi connectivity index (χ4n) is 3.91. The molecule has 0 bridgehead atoms. The summed E-state index contributed by atoms with van der Waals surface area (Å²) in [6, 6.07) is 25.6. The highest BCUT2D eigenvalue weighted by molar-refractivity contribution is 8.00. The molecule has 0 spiro atoms. The first-order valence-corrected chi connectivity index (χ1v) is 12.9. The summed E-state index contributed by atoms with van der Waals surface area (Å²) in [5.41, 5.74) is 3.92. The second-order valence-electron chi connectivity index (χ2n) is 9.51. The fourth-order valence-corrected chi connectivity index (χ4v) is 5.01. The van der Waals surface area contributed by atoms with Crippen molar-refractivity contribution in [3.8, 4) is 17.1 Å². The van der Waals surface area contributed by atoms with E-state index in [0.717, 1.165) is 17.0 Å². The Morgan fingerprint density at radius 1 is 1.00 bits per heavy atom. The van der Waals surface area contributed by atoms with Crippen LogP contribution in [0, 0.1) is 0 Å². The van der Waals surface area contributed by atoms with Crippen LogP contribution in [0.2, 0.25) is 0 Å². The lowest BCUT2D eigenvalue weighted by atomic mass is 9.87. The van der Waals surface area contributed by atoms with Gasteiger partial charge >= 0.3 is 0 Å². The number of methoxy groups -OCH3 is 1. The monoisotopic (exact) mass is 500 g/mol. The lowest BCUT2D eigenvalue weighted by Gasteiger charge is -2.19. The van der Waals surface area contributed by atoms with Crippen molar-refractivity contribution in [2.45, 2.75) is 50.1 Å². The number of anilines is 1. The summed E-state index contributed by atoms with van der Waals surface area (Å²) < 4.78 is 7.36. The molecule has 1 heterocycles. The average Bonchev–Trinajstić information content (AvgIpc) is 3.30. The molecule has 1 amide bonds. The summed E-state index contributed by atoms with van der Waals surface area (Å²) in [5, 5.41) is 12.2. The smallest absolute Gasteiger partial charge is 0.242 e. The third kappa shape index (κ3) is 5.79. The van der Waals surface area contributed by atoms with Crippen LogP contribution in [0.15, 0.2) is 84.0 Å². The number of aromatic nitrogens is 3. The average molecular weight is 501 g/mol. The molecule has 1 aromatic heterocycles. The largest absolute Gasteiger partial charge is 0.497 e. The van der Waals surface area contributed by atoms with Gasteiger partial charge in [-0.1, -0.05) is 93.2 Å². The van der Waals surface area contributed by atoms with Gasteiger partial charge in [0.25, 0.3) is 0 Å². The van der Waals surface area contributed by atoms with Crippen LogP contribution in [-0.2, 0) is 16.8 Å². The third-order valence-electron chi connectivity index (χ3n) is 5.94. The van der Waals surface area contributed by atoms with Gasteiger partial charge in [-0.3, -0.25) is 4.79 Å².